The number of methoxy groups -OCH3 is 1. The molecule has 4 nitrogen and oxygen atoms in total. The molecule has 0 fully saturated rings. The third-order valence-corrected chi connectivity index (χ3v) is 3.08. The van der Waals surface area contributed by atoms with Gasteiger partial charge in [-0.05, 0) is 24.5 Å². The largest absolute Gasteiger partial charge is 0.493 e. The molecule has 2 N–H and O–H groups in total. The number of aliphatic hydroxyl groups excluding tert-OH is 1. The summed E-state index contributed by atoms with van der Waals surface area (Å²) in [5, 5.41) is 12.4. The van der Waals surface area contributed by atoms with E-state index in [9.17, 15) is 0 Å². The average Bonchev–Trinajstić information content (AvgIpc) is 2.42. The van der Waals surface area contributed by atoms with Crippen LogP contribution in [0.5, 0.6) is 11.5 Å². The molecule has 0 aliphatic carbocycles. The maximum Gasteiger partial charge on any atom is 0.161 e. The molecule has 0 bridgehead atoms. The minimum absolute atomic E-state index is 0.212. The molecule has 0 saturated carbocycles. The Morgan fingerprint density at radius 3 is 2.47 bits per heavy atom. The predicted octanol–water partition coefficient (Wildman–Crippen LogP) is 2.07. The van der Waals surface area contributed by atoms with E-state index < -0.39 is 0 Å². The highest BCUT2D eigenvalue weighted by Gasteiger charge is 2.11. The molecule has 4 heteroatoms. The molecule has 0 heterocycles. The van der Waals surface area contributed by atoms with Gasteiger partial charge in [0.25, 0.3) is 0 Å². The minimum Gasteiger partial charge on any atom is -0.493 e. The Kier molecular flexibility index (Phi) is 7.30. The van der Waals surface area contributed by atoms with Crippen LogP contribution in [0.25, 0.3) is 0 Å². The van der Waals surface area contributed by atoms with E-state index in [0.29, 0.717) is 18.6 Å². The number of para-hydroxylation sites is 2. The van der Waals surface area contributed by atoms with Crippen LogP contribution >= 0.6 is 0 Å². The second-order valence-corrected chi connectivity index (χ2v) is 4.82. The molecular formula is C15H25NO3. The van der Waals surface area contributed by atoms with Gasteiger partial charge in [-0.2, -0.15) is 0 Å². The van der Waals surface area contributed by atoms with Gasteiger partial charge in [0.15, 0.2) is 11.5 Å². The quantitative estimate of drug-likeness (QED) is 0.673. The van der Waals surface area contributed by atoms with Crippen molar-refractivity contribution in [3.8, 4) is 11.5 Å². The van der Waals surface area contributed by atoms with Gasteiger partial charge in [-0.3, -0.25) is 0 Å². The van der Waals surface area contributed by atoms with Gasteiger partial charge in [0.1, 0.15) is 6.61 Å². The molecule has 1 atom stereocenters. The van der Waals surface area contributed by atoms with E-state index in [1.807, 2.05) is 24.3 Å². The van der Waals surface area contributed by atoms with E-state index in [1.165, 1.54) is 0 Å². The number of benzene rings is 1. The topological polar surface area (TPSA) is 50.7 Å². The summed E-state index contributed by atoms with van der Waals surface area (Å²) < 4.78 is 10.9. The van der Waals surface area contributed by atoms with Crippen molar-refractivity contribution in [2.75, 3.05) is 26.9 Å². The van der Waals surface area contributed by atoms with Gasteiger partial charge in [-0.1, -0.05) is 26.0 Å². The second kappa shape index (κ2) is 8.77. The summed E-state index contributed by atoms with van der Waals surface area (Å²) in [7, 11) is 1.64. The first-order valence-electron chi connectivity index (χ1n) is 6.79. The van der Waals surface area contributed by atoms with Crippen LogP contribution in [-0.2, 0) is 0 Å². The first-order valence-corrected chi connectivity index (χ1v) is 6.79. The van der Waals surface area contributed by atoms with Crippen LogP contribution in [0.4, 0.5) is 0 Å². The zero-order chi connectivity index (χ0) is 14.1. The Labute approximate surface area is 115 Å². The van der Waals surface area contributed by atoms with Gasteiger partial charge in [0.2, 0.25) is 0 Å². The Balaban J connectivity index is 2.33. The summed E-state index contributed by atoms with van der Waals surface area (Å²) in [6, 6.07) is 7.94. The zero-order valence-corrected chi connectivity index (χ0v) is 12.1. The molecule has 1 aromatic rings. The van der Waals surface area contributed by atoms with Crippen LogP contribution in [0.15, 0.2) is 24.3 Å². The van der Waals surface area contributed by atoms with Crippen LogP contribution in [0, 0.1) is 5.92 Å². The van der Waals surface area contributed by atoms with Crippen LogP contribution in [-0.4, -0.2) is 38.0 Å². The van der Waals surface area contributed by atoms with Crippen LogP contribution in [0.2, 0.25) is 0 Å². The van der Waals surface area contributed by atoms with Gasteiger partial charge < -0.3 is 19.9 Å². The molecule has 0 aliphatic heterocycles. The average molecular weight is 267 g/mol. The van der Waals surface area contributed by atoms with Crippen molar-refractivity contribution in [3.63, 3.8) is 0 Å². The maximum atomic E-state index is 9.00. The molecule has 0 aliphatic rings. The lowest BCUT2D eigenvalue weighted by Gasteiger charge is -2.21. The van der Waals surface area contributed by atoms with Gasteiger partial charge in [0, 0.05) is 19.2 Å². The third-order valence-electron chi connectivity index (χ3n) is 3.08. The second-order valence-electron chi connectivity index (χ2n) is 4.82. The molecule has 0 aromatic heterocycles. The van der Waals surface area contributed by atoms with E-state index in [4.69, 9.17) is 14.6 Å². The fourth-order valence-electron chi connectivity index (χ4n) is 1.95. The molecule has 0 spiro atoms. The summed E-state index contributed by atoms with van der Waals surface area (Å²) in [5.41, 5.74) is 0. The summed E-state index contributed by atoms with van der Waals surface area (Å²) in [6.45, 7) is 5.84. The maximum absolute atomic E-state index is 9.00. The van der Waals surface area contributed by atoms with Crippen molar-refractivity contribution in [2.24, 2.45) is 5.92 Å². The van der Waals surface area contributed by atoms with Crippen LogP contribution < -0.4 is 14.8 Å². The Bertz CT molecular complexity index is 355. The number of ether oxygens (including phenoxy) is 2. The molecule has 1 aromatic carbocycles. The fraction of sp³-hybridized carbons (Fsp3) is 0.600. The van der Waals surface area contributed by atoms with Crippen molar-refractivity contribution < 1.29 is 14.6 Å². The molecule has 0 saturated heterocycles. The van der Waals surface area contributed by atoms with Crippen molar-refractivity contribution in [1.82, 2.24) is 5.32 Å². The standard InChI is InChI=1S/C15H25NO3/c1-12(2)13(8-10-17)16-9-11-19-15-7-5-4-6-14(15)18-3/h4-7,12-13,16-17H,8-11H2,1-3H3. The van der Waals surface area contributed by atoms with Gasteiger partial charge in [-0.25, -0.2) is 0 Å². The summed E-state index contributed by atoms with van der Waals surface area (Å²) in [6.07, 6.45) is 0.770. The van der Waals surface area contributed by atoms with Gasteiger partial charge in [0.05, 0.1) is 7.11 Å². The van der Waals surface area contributed by atoms with E-state index >= 15 is 0 Å². The van der Waals surface area contributed by atoms with Crippen molar-refractivity contribution in [3.05, 3.63) is 24.3 Å². The smallest absolute Gasteiger partial charge is 0.161 e. The van der Waals surface area contributed by atoms with Crippen LogP contribution in [0.3, 0.4) is 0 Å². The van der Waals surface area contributed by atoms with E-state index in [-0.39, 0.29) is 6.61 Å². The molecule has 1 unspecified atom stereocenters. The first kappa shape index (κ1) is 15.8. The Morgan fingerprint density at radius 1 is 1.21 bits per heavy atom. The molecular weight excluding hydrogens is 242 g/mol. The van der Waals surface area contributed by atoms with E-state index in [1.54, 1.807) is 7.11 Å². The highest BCUT2D eigenvalue weighted by molar-refractivity contribution is 5.39. The normalized spacial score (nSPS) is 12.5. The molecule has 108 valence electrons. The number of hydrogen-bond donors (Lipinski definition) is 2. The number of nitrogens with one attached hydrogen (secondary N) is 1. The number of aliphatic hydroxyl groups is 1. The summed E-state index contributed by atoms with van der Waals surface area (Å²) in [4.78, 5) is 0. The molecule has 0 amide bonds. The predicted molar refractivity (Wildman–Crippen MR) is 76.8 cm³/mol. The summed E-state index contributed by atoms with van der Waals surface area (Å²) in [5.74, 6) is 2.01. The van der Waals surface area contributed by atoms with Crippen molar-refractivity contribution >= 4 is 0 Å². The number of rotatable bonds is 9. The minimum atomic E-state index is 0.212. The Morgan fingerprint density at radius 2 is 1.89 bits per heavy atom. The lowest BCUT2D eigenvalue weighted by molar-refractivity contribution is 0.232. The van der Waals surface area contributed by atoms with E-state index in [0.717, 1.165) is 24.5 Å². The molecule has 0 radical (unpaired) electrons. The molecule has 1 rings (SSSR count). The summed E-state index contributed by atoms with van der Waals surface area (Å²) >= 11 is 0. The lowest BCUT2D eigenvalue weighted by Crippen LogP contribution is -2.37. The fourth-order valence-corrected chi connectivity index (χ4v) is 1.95. The SMILES string of the molecule is COc1ccccc1OCCNC(CCO)C(C)C. The monoisotopic (exact) mass is 267 g/mol. The van der Waals surface area contributed by atoms with Crippen molar-refractivity contribution in [1.29, 1.82) is 0 Å². The van der Waals surface area contributed by atoms with Crippen LogP contribution in [0.1, 0.15) is 20.3 Å². The van der Waals surface area contributed by atoms with Gasteiger partial charge in [-0.15, -0.1) is 0 Å². The van der Waals surface area contributed by atoms with Crippen molar-refractivity contribution in [2.45, 2.75) is 26.3 Å². The third kappa shape index (κ3) is 5.49. The highest BCUT2D eigenvalue weighted by Crippen LogP contribution is 2.25. The zero-order valence-electron chi connectivity index (χ0n) is 12.1. The number of hydrogen-bond acceptors (Lipinski definition) is 4. The molecule has 19 heavy (non-hydrogen) atoms. The highest BCUT2D eigenvalue weighted by atomic mass is 16.5. The Hall–Kier alpha value is -1.26. The lowest BCUT2D eigenvalue weighted by atomic mass is 10.0. The first-order chi connectivity index (χ1) is 9.19. The van der Waals surface area contributed by atoms with E-state index in [2.05, 4.69) is 19.2 Å². The van der Waals surface area contributed by atoms with Gasteiger partial charge >= 0.3 is 0 Å².